The van der Waals surface area contributed by atoms with Crippen LogP contribution in [-0.4, -0.2) is 22.7 Å². The molecule has 3 nitrogen and oxygen atoms in total. The molecule has 110 valence electrons. The summed E-state index contributed by atoms with van der Waals surface area (Å²) >= 11 is 1.43. The van der Waals surface area contributed by atoms with Crippen LogP contribution in [0.2, 0.25) is 0 Å². The summed E-state index contributed by atoms with van der Waals surface area (Å²) in [4.78, 5) is 16.2. The molecule has 1 amide bonds. The van der Waals surface area contributed by atoms with E-state index in [-0.39, 0.29) is 17.0 Å². The Kier molecular flexibility index (Phi) is 5.75. The molecule has 2 aromatic rings. The molecule has 0 bridgehead atoms. The van der Waals surface area contributed by atoms with E-state index in [1.807, 2.05) is 25.1 Å². The summed E-state index contributed by atoms with van der Waals surface area (Å²) < 4.78 is 12.8. The molecule has 1 unspecified atom stereocenters. The topological polar surface area (TPSA) is 42.0 Å². The molecule has 0 saturated heterocycles. The van der Waals surface area contributed by atoms with E-state index < -0.39 is 0 Å². The highest BCUT2D eigenvalue weighted by Crippen LogP contribution is 2.20. The minimum absolute atomic E-state index is 0.0206. The number of nitrogens with zero attached hydrogens (tertiary/aromatic N) is 1. The number of amides is 1. The first kappa shape index (κ1) is 15.5. The van der Waals surface area contributed by atoms with Gasteiger partial charge in [0.15, 0.2) is 0 Å². The third-order valence-electron chi connectivity index (χ3n) is 2.93. The summed E-state index contributed by atoms with van der Waals surface area (Å²) in [7, 11) is 0. The van der Waals surface area contributed by atoms with Crippen molar-refractivity contribution < 1.29 is 9.18 Å². The maximum Gasteiger partial charge on any atom is 0.233 e. The number of rotatable bonds is 6. The molecule has 2 rings (SSSR count). The molecule has 0 saturated carbocycles. The third kappa shape index (κ3) is 5.19. The fourth-order valence-corrected chi connectivity index (χ4v) is 2.61. The second-order valence-corrected chi connectivity index (χ2v) is 5.96. The Morgan fingerprint density at radius 1 is 1.29 bits per heavy atom. The Labute approximate surface area is 128 Å². The lowest BCUT2D eigenvalue weighted by Gasteiger charge is -2.11. The standard InChI is InChI=1S/C16H17FN2OS/c1-12(21-15-4-2-3-10-18-15)16(20)19-11-9-13-5-7-14(17)8-6-13/h2-8,10,12H,9,11H2,1H3,(H,19,20). The van der Waals surface area contributed by atoms with Crippen molar-refractivity contribution in [3.8, 4) is 0 Å². The highest BCUT2D eigenvalue weighted by molar-refractivity contribution is 8.00. The number of carbonyl (C=O) groups is 1. The van der Waals surface area contributed by atoms with Gasteiger partial charge in [0.25, 0.3) is 0 Å². The molecule has 0 aliphatic rings. The highest BCUT2D eigenvalue weighted by atomic mass is 32.2. The van der Waals surface area contributed by atoms with E-state index in [0.717, 1.165) is 10.6 Å². The highest BCUT2D eigenvalue weighted by Gasteiger charge is 2.14. The Hall–Kier alpha value is -1.88. The molecular weight excluding hydrogens is 287 g/mol. The van der Waals surface area contributed by atoms with Crippen LogP contribution in [0.4, 0.5) is 4.39 Å². The number of benzene rings is 1. The van der Waals surface area contributed by atoms with Gasteiger partial charge >= 0.3 is 0 Å². The van der Waals surface area contributed by atoms with Gasteiger partial charge in [0, 0.05) is 12.7 Å². The van der Waals surface area contributed by atoms with Crippen molar-refractivity contribution in [2.24, 2.45) is 0 Å². The largest absolute Gasteiger partial charge is 0.355 e. The quantitative estimate of drug-likeness (QED) is 0.834. The fraction of sp³-hybridized carbons (Fsp3) is 0.250. The monoisotopic (exact) mass is 304 g/mol. The van der Waals surface area contributed by atoms with Gasteiger partial charge in [-0.15, -0.1) is 0 Å². The summed E-state index contributed by atoms with van der Waals surface area (Å²) in [6, 6.07) is 11.9. The summed E-state index contributed by atoms with van der Waals surface area (Å²) in [6.07, 6.45) is 2.40. The zero-order valence-corrected chi connectivity index (χ0v) is 12.6. The minimum Gasteiger partial charge on any atom is -0.355 e. The summed E-state index contributed by atoms with van der Waals surface area (Å²) in [5, 5.41) is 3.52. The number of nitrogens with one attached hydrogen (secondary N) is 1. The number of hydrogen-bond acceptors (Lipinski definition) is 3. The van der Waals surface area contributed by atoms with Crippen molar-refractivity contribution in [1.82, 2.24) is 10.3 Å². The first-order chi connectivity index (χ1) is 10.1. The van der Waals surface area contributed by atoms with E-state index >= 15 is 0 Å². The lowest BCUT2D eigenvalue weighted by molar-refractivity contribution is -0.120. The summed E-state index contributed by atoms with van der Waals surface area (Å²) in [5.41, 5.74) is 1.00. The van der Waals surface area contributed by atoms with E-state index in [1.165, 1.54) is 23.9 Å². The average molecular weight is 304 g/mol. The Balaban J connectivity index is 1.75. The Bertz CT molecular complexity index is 575. The smallest absolute Gasteiger partial charge is 0.233 e. The van der Waals surface area contributed by atoms with Crippen LogP contribution >= 0.6 is 11.8 Å². The molecule has 1 N–H and O–H groups in total. The van der Waals surface area contributed by atoms with Crippen LogP contribution in [0.3, 0.4) is 0 Å². The maximum absolute atomic E-state index is 12.8. The van der Waals surface area contributed by atoms with Gasteiger partial charge in [-0.25, -0.2) is 9.37 Å². The molecule has 0 radical (unpaired) electrons. The maximum atomic E-state index is 12.8. The molecule has 1 aromatic carbocycles. The molecule has 1 atom stereocenters. The molecular formula is C16H17FN2OS. The average Bonchev–Trinajstić information content (AvgIpc) is 2.50. The lowest BCUT2D eigenvalue weighted by atomic mass is 10.1. The first-order valence-electron chi connectivity index (χ1n) is 6.75. The van der Waals surface area contributed by atoms with Crippen LogP contribution in [0.15, 0.2) is 53.7 Å². The zero-order chi connectivity index (χ0) is 15.1. The van der Waals surface area contributed by atoms with Gasteiger partial charge in [-0.3, -0.25) is 4.79 Å². The number of pyridine rings is 1. The number of halogens is 1. The summed E-state index contributed by atoms with van der Waals surface area (Å²) in [6.45, 7) is 2.39. The van der Waals surface area contributed by atoms with Gasteiger partial charge < -0.3 is 5.32 Å². The van der Waals surface area contributed by atoms with Crippen LogP contribution in [0, 0.1) is 5.82 Å². The molecule has 1 aromatic heterocycles. The number of carbonyl (C=O) groups excluding carboxylic acids is 1. The number of aromatic nitrogens is 1. The molecule has 0 aliphatic heterocycles. The van der Waals surface area contributed by atoms with Crippen molar-refractivity contribution in [2.75, 3.05) is 6.54 Å². The molecule has 21 heavy (non-hydrogen) atoms. The normalized spacial score (nSPS) is 11.9. The predicted molar refractivity (Wildman–Crippen MR) is 82.7 cm³/mol. The number of hydrogen-bond donors (Lipinski definition) is 1. The van der Waals surface area contributed by atoms with Crippen LogP contribution in [0.25, 0.3) is 0 Å². The Morgan fingerprint density at radius 3 is 2.71 bits per heavy atom. The third-order valence-corrected chi connectivity index (χ3v) is 3.98. The minimum atomic E-state index is -0.247. The summed E-state index contributed by atoms with van der Waals surface area (Å²) in [5.74, 6) is -0.268. The van der Waals surface area contributed by atoms with Crippen LogP contribution in [0.1, 0.15) is 12.5 Å². The van der Waals surface area contributed by atoms with Crippen molar-refractivity contribution in [1.29, 1.82) is 0 Å². The van der Waals surface area contributed by atoms with Gasteiger partial charge in [0.1, 0.15) is 5.82 Å². The van der Waals surface area contributed by atoms with Crippen molar-refractivity contribution in [3.05, 3.63) is 60.0 Å². The molecule has 0 spiro atoms. The van der Waals surface area contributed by atoms with Crippen LogP contribution in [0.5, 0.6) is 0 Å². The van der Waals surface area contributed by atoms with E-state index in [2.05, 4.69) is 10.3 Å². The molecule has 0 aliphatic carbocycles. The predicted octanol–water partition coefficient (Wildman–Crippen LogP) is 3.06. The fourth-order valence-electron chi connectivity index (χ4n) is 1.78. The van der Waals surface area contributed by atoms with Crippen molar-refractivity contribution in [3.63, 3.8) is 0 Å². The van der Waals surface area contributed by atoms with Gasteiger partial charge in [-0.2, -0.15) is 0 Å². The SMILES string of the molecule is CC(Sc1ccccn1)C(=O)NCCc1ccc(F)cc1. The van der Waals surface area contributed by atoms with E-state index in [4.69, 9.17) is 0 Å². The second kappa shape index (κ2) is 7.78. The first-order valence-corrected chi connectivity index (χ1v) is 7.63. The van der Waals surface area contributed by atoms with E-state index in [1.54, 1.807) is 18.3 Å². The second-order valence-electron chi connectivity index (χ2n) is 4.60. The number of thioether (sulfide) groups is 1. The molecule has 0 fully saturated rings. The van der Waals surface area contributed by atoms with E-state index in [9.17, 15) is 9.18 Å². The lowest BCUT2D eigenvalue weighted by Crippen LogP contribution is -2.32. The molecule has 1 heterocycles. The van der Waals surface area contributed by atoms with Crippen molar-refractivity contribution >= 4 is 17.7 Å². The van der Waals surface area contributed by atoms with E-state index in [0.29, 0.717) is 13.0 Å². The van der Waals surface area contributed by atoms with Gasteiger partial charge in [0.05, 0.1) is 10.3 Å². The van der Waals surface area contributed by atoms with Crippen molar-refractivity contribution in [2.45, 2.75) is 23.6 Å². The van der Waals surface area contributed by atoms with Gasteiger partial charge in [-0.1, -0.05) is 30.0 Å². The van der Waals surface area contributed by atoms with Crippen LogP contribution in [-0.2, 0) is 11.2 Å². The van der Waals surface area contributed by atoms with Gasteiger partial charge in [0.2, 0.25) is 5.91 Å². The zero-order valence-electron chi connectivity index (χ0n) is 11.8. The van der Waals surface area contributed by atoms with Crippen LogP contribution < -0.4 is 5.32 Å². The Morgan fingerprint density at radius 2 is 2.05 bits per heavy atom. The van der Waals surface area contributed by atoms with Gasteiger partial charge in [-0.05, 0) is 43.2 Å². The molecule has 5 heteroatoms.